The summed E-state index contributed by atoms with van der Waals surface area (Å²) in [5.74, 6) is 0. The average Bonchev–Trinajstić information content (AvgIpc) is 2.82. The topological polar surface area (TPSA) is 0 Å². The molecule has 20 heavy (non-hydrogen) atoms. The largest absolute Gasteiger partial charge is 0.113 e. The van der Waals surface area contributed by atoms with Gasteiger partial charge < -0.3 is 0 Å². The summed E-state index contributed by atoms with van der Waals surface area (Å²) in [7, 11) is 0. The maximum Gasteiger partial charge on any atom is 0.113 e. The minimum absolute atomic E-state index is 1.05. The Labute approximate surface area is 117 Å². The summed E-state index contributed by atoms with van der Waals surface area (Å²) in [5.41, 5.74) is 4.25. The van der Waals surface area contributed by atoms with Crippen LogP contribution >= 0.6 is 0 Å². The zero-order chi connectivity index (χ0) is 13.1. The number of hydrogen-bond donors (Lipinski definition) is 0. The van der Waals surface area contributed by atoms with Gasteiger partial charge in [0.15, 0.2) is 0 Å². The van der Waals surface area contributed by atoms with Gasteiger partial charge in [-0.1, -0.05) is 24.3 Å². The lowest BCUT2D eigenvalue weighted by molar-refractivity contribution is 1.24. The van der Waals surface area contributed by atoms with E-state index in [9.17, 15) is 0 Å². The summed E-state index contributed by atoms with van der Waals surface area (Å²) < 4.78 is 0. The van der Waals surface area contributed by atoms with Crippen molar-refractivity contribution in [3.63, 3.8) is 0 Å². The first kappa shape index (κ1) is 10.3. The Morgan fingerprint density at radius 3 is 2.95 bits per heavy atom. The van der Waals surface area contributed by atoms with Crippen molar-refractivity contribution >= 4 is 27.6 Å². The van der Waals surface area contributed by atoms with Crippen LogP contribution in [0.5, 0.6) is 0 Å². The van der Waals surface area contributed by atoms with Crippen molar-refractivity contribution < 1.29 is 0 Å². The van der Waals surface area contributed by atoms with Gasteiger partial charge in [-0.05, 0) is 41.5 Å². The molecule has 0 nitrogen and oxygen atoms in total. The smallest absolute Gasteiger partial charge is 0.0801 e. The van der Waals surface area contributed by atoms with Crippen LogP contribution in [0.4, 0.5) is 0 Å². The Hall–Kier alpha value is -2.47. The van der Waals surface area contributed by atoms with Crippen LogP contribution in [0.1, 0.15) is 5.56 Å². The van der Waals surface area contributed by atoms with Crippen LogP contribution in [-0.2, 0) is 6.42 Å². The molecule has 0 heterocycles. The fourth-order valence-corrected chi connectivity index (χ4v) is 3.60. The predicted octanol–water partition coefficient (Wildman–Crippen LogP) is 4.43. The van der Waals surface area contributed by atoms with Crippen LogP contribution in [-0.4, -0.2) is 0 Å². The highest BCUT2D eigenvalue weighted by atomic mass is 14.2. The Morgan fingerprint density at radius 1 is 0.950 bits per heavy atom. The monoisotopic (exact) mass is 253 g/mol. The molecule has 2 aromatic carbocycles. The summed E-state index contributed by atoms with van der Waals surface area (Å²) >= 11 is 0. The predicted molar refractivity (Wildman–Crippen MR) is 86.2 cm³/mol. The molecular weight excluding hydrogens is 240 g/mol. The van der Waals surface area contributed by atoms with Gasteiger partial charge >= 0.3 is 0 Å². The Bertz CT molecular complexity index is 1010. The van der Waals surface area contributed by atoms with Gasteiger partial charge in [-0.3, -0.25) is 0 Å². The fraction of sp³-hybridized carbons (Fsp3) is 0.0500. The number of rotatable bonds is 0. The van der Waals surface area contributed by atoms with Gasteiger partial charge in [-0.2, -0.15) is 0 Å². The van der Waals surface area contributed by atoms with Crippen LogP contribution in [0.25, 0.3) is 38.7 Å². The first-order chi connectivity index (χ1) is 9.92. The number of fused-ring (bicyclic) bond motifs is 4. The second kappa shape index (κ2) is 3.55. The molecule has 0 aromatic heterocycles. The molecular formula is C20H13+. The zero-order valence-electron chi connectivity index (χ0n) is 11.1. The molecule has 3 aliphatic carbocycles. The quantitative estimate of drug-likeness (QED) is 0.407. The van der Waals surface area contributed by atoms with E-state index < -0.39 is 0 Å². The standard InChI is InChI=1S/C20H13/c1-2-6-15-12-19-17-10-4-8-13-7-3-9-16(20(13)17)18(19)11-14(15)5-1/h1-5,7-12H,6H2/q+1. The first-order valence-corrected chi connectivity index (χ1v) is 7.11. The normalized spacial score (nSPS) is 14.0. The molecule has 92 valence electrons. The summed E-state index contributed by atoms with van der Waals surface area (Å²) in [5, 5.41) is 6.90. The molecule has 0 atom stereocenters. The summed E-state index contributed by atoms with van der Waals surface area (Å²) in [6.45, 7) is 0. The molecule has 0 saturated carbocycles. The summed E-state index contributed by atoms with van der Waals surface area (Å²) in [6, 6.07) is 18.0. The van der Waals surface area contributed by atoms with E-state index in [1.807, 2.05) is 0 Å². The molecule has 0 N–H and O–H groups in total. The van der Waals surface area contributed by atoms with Crippen molar-refractivity contribution in [2.75, 3.05) is 0 Å². The van der Waals surface area contributed by atoms with Gasteiger partial charge in [0.25, 0.3) is 0 Å². The Morgan fingerprint density at radius 2 is 1.95 bits per heavy atom. The molecule has 5 rings (SSSR count). The van der Waals surface area contributed by atoms with E-state index in [4.69, 9.17) is 0 Å². The lowest BCUT2D eigenvalue weighted by Crippen LogP contribution is -2.09. The lowest BCUT2D eigenvalue weighted by Gasteiger charge is -2.02. The molecule has 0 aliphatic heterocycles. The van der Waals surface area contributed by atoms with Crippen molar-refractivity contribution in [3.05, 3.63) is 71.5 Å². The van der Waals surface area contributed by atoms with Gasteiger partial charge in [-0.25, -0.2) is 0 Å². The molecule has 0 fully saturated rings. The van der Waals surface area contributed by atoms with E-state index in [1.165, 1.54) is 43.5 Å². The third-order valence-corrected chi connectivity index (χ3v) is 4.51. The van der Waals surface area contributed by atoms with Crippen molar-refractivity contribution in [3.8, 4) is 11.1 Å². The van der Waals surface area contributed by atoms with Crippen LogP contribution in [0.3, 0.4) is 0 Å². The third kappa shape index (κ3) is 1.19. The first-order valence-electron chi connectivity index (χ1n) is 7.11. The third-order valence-electron chi connectivity index (χ3n) is 4.51. The van der Waals surface area contributed by atoms with Crippen LogP contribution in [0.15, 0.2) is 60.7 Å². The molecule has 0 amide bonds. The average molecular weight is 253 g/mol. The highest BCUT2D eigenvalue weighted by Gasteiger charge is 2.24. The highest BCUT2D eigenvalue weighted by molar-refractivity contribution is 6.21. The summed E-state index contributed by atoms with van der Waals surface area (Å²) in [4.78, 5) is 0. The molecule has 0 bridgehead atoms. The number of allylic oxidation sites excluding steroid dienone is 2. The molecule has 0 radical (unpaired) electrons. The van der Waals surface area contributed by atoms with Crippen molar-refractivity contribution in [2.24, 2.45) is 0 Å². The van der Waals surface area contributed by atoms with Gasteiger partial charge in [0.05, 0.1) is 16.3 Å². The second-order valence-electron chi connectivity index (χ2n) is 5.60. The molecule has 0 saturated heterocycles. The van der Waals surface area contributed by atoms with E-state index >= 15 is 0 Å². The molecule has 2 aromatic rings. The van der Waals surface area contributed by atoms with E-state index in [1.54, 1.807) is 0 Å². The maximum absolute atomic E-state index is 2.39. The van der Waals surface area contributed by atoms with E-state index in [-0.39, 0.29) is 0 Å². The van der Waals surface area contributed by atoms with Crippen LogP contribution in [0.2, 0.25) is 0 Å². The Kier molecular flexibility index (Phi) is 1.83. The van der Waals surface area contributed by atoms with E-state index in [2.05, 4.69) is 66.8 Å². The zero-order valence-corrected chi connectivity index (χ0v) is 11.1. The van der Waals surface area contributed by atoms with Crippen LogP contribution in [0, 0.1) is 0 Å². The number of benzene rings is 3. The van der Waals surface area contributed by atoms with Crippen LogP contribution < -0.4 is 5.22 Å². The number of hydrogen-bond acceptors (Lipinski definition) is 0. The SMILES string of the molecule is C1=CCc2cc3c4[cH+]ccc5cccc(c5-4)c3cc2=C1. The molecule has 0 unspecified atom stereocenters. The second-order valence-corrected chi connectivity index (χ2v) is 5.60. The molecule has 0 spiro atoms. The maximum atomic E-state index is 2.39. The minimum Gasteiger partial charge on any atom is -0.0801 e. The van der Waals surface area contributed by atoms with Gasteiger partial charge in [0.1, 0.15) is 5.56 Å². The lowest BCUT2D eigenvalue weighted by atomic mass is 9.99. The van der Waals surface area contributed by atoms with E-state index in [0.29, 0.717) is 0 Å². The molecule has 3 aliphatic rings. The highest BCUT2D eigenvalue weighted by Crippen LogP contribution is 2.42. The van der Waals surface area contributed by atoms with Crippen molar-refractivity contribution in [1.29, 1.82) is 0 Å². The van der Waals surface area contributed by atoms with Crippen molar-refractivity contribution in [2.45, 2.75) is 6.42 Å². The van der Waals surface area contributed by atoms with Gasteiger partial charge in [-0.15, -0.1) is 0 Å². The van der Waals surface area contributed by atoms with E-state index in [0.717, 1.165) is 6.42 Å². The Balaban J connectivity index is 2.09. The van der Waals surface area contributed by atoms with Gasteiger partial charge in [0.2, 0.25) is 0 Å². The van der Waals surface area contributed by atoms with Gasteiger partial charge in [0, 0.05) is 29.0 Å². The minimum atomic E-state index is 1.05. The fourth-order valence-electron chi connectivity index (χ4n) is 3.60. The van der Waals surface area contributed by atoms with Crippen molar-refractivity contribution in [1.82, 2.24) is 0 Å². The molecule has 0 heteroatoms. The summed E-state index contributed by atoms with van der Waals surface area (Å²) in [6.07, 6.45) is 7.67.